The van der Waals surface area contributed by atoms with Crippen LogP contribution in [0.15, 0.2) is 0 Å². The van der Waals surface area contributed by atoms with Crippen LogP contribution in [0.2, 0.25) is 0 Å². The number of alkyl halides is 1. The summed E-state index contributed by atoms with van der Waals surface area (Å²) in [7, 11) is 0. The van der Waals surface area contributed by atoms with E-state index in [1.54, 1.807) is 0 Å². The molecular weight excluding hydrogens is 155 g/mol. The molecule has 0 aromatic heterocycles. The topological polar surface area (TPSA) is 9.23 Å². The first kappa shape index (κ1) is 8.49. The summed E-state index contributed by atoms with van der Waals surface area (Å²) in [6.45, 7) is 4.84. The maximum atomic E-state index is 13.5. The summed E-state index contributed by atoms with van der Waals surface area (Å²) in [6, 6.07) is 0. The Morgan fingerprint density at radius 1 is 1.50 bits per heavy atom. The van der Waals surface area contributed by atoms with Crippen molar-refractivity contribution in [1.29, 1.82) is 0 Å². The molecule has 3 saturated carbocycles. The van der Waals surface area contributed by atoms with Crippen molar-refractivity contribution >= 4 is 0 Å². The Hall–Kier alpha value is -0.110. The van der Waals surface area contributed by atoms with E-state index in [9.17, 15) is 4.39 Å². The molecule has 0 aromatic rings. The van der Waals surface area contributed by atoms with Crippen molar-refractivity contribution in [3.8, 4) is 0 Å². The second kappa shape index (κ2) is 2.69. The highest BCUT2D eigenvalue weighted by Crippen LogP contribution is 2.59. The summed E-state index contributed by atoms with van der Waals surface area (Å²) in [5, 5.41) is 0. The second-order valence-electron chi connectivity index (χ2n) is 4.35. The van der Waals surface area contributed by atoms with E-state index in [-0.39, 0.29) is 6.10 Å². The van der Waals surface area contributed by atoms with Crippen LogP contribution in [0.4, 0.5) is 4.39 Å². The Labute approximate surface area is 73.3 Å². The quantitative estimate of drug-likeness (QED) is 0.635. The van der Waals surface area contributed by atoms with Gasteiger partial charge < -0.3 is 4.74 Å². The van der Waals surface area contributed by atoms with E-state index in [0.29, 0.717) is 11.8 Å². The summed E-state index contributed by atoms with van der Waals surface area (Å²) in [4.78, 5) is 0. The Bertz CT molecular complexity index is 175. The third-order valence-corrected chi connectivity index (χ3v) is 3.50. The molecule has 12 heavy (non-hydrogen) atoms. The monoisotopic (exact) mass is 172 g/mol. The zero-order valence-corrected chi connectivity index (χ0v) is 7.85. The van der Waals surface area contributed by atoms with Crippen LogP contribution in [0.3, 0.4) is 0 Å². The van der Waals surface area contributed by atoms with Crippen LogP contribution in [-0.2, 0) is 4.74 Å². The largest absolute Gasteiger partial charge is 0.378 e. The molecule has 0 radical (unpaired) electrons. The average molecular weight is 172 g/mol. The minimum absolute atomic E-state index is 0.264. The van der Waals surface area contributed by atoms with Gasteiger partial charge in [0.25, 0.3) is 0 Å². The van der Waals surface area contributed by atoms with Crippen molar-refractivity contribution in [1.82, 2.24) is 0 Å². The number of rotatable bonds is 3. The van der Waals surface area contributed by atoms with Gasteiger partial charge in [0.1, 0.15) is 5.67 Å². The van der Waals surface area contributed by atoms with Gasteiger partial charge in [-0.3, -0.25) is 0 Å². The molecule has 0 saturated heterocycles. The fraction of sp³-hybridized carbons (Fsp3) is 1.00. The van der Waals surface area contributed by atoms with Crippen LogP contribution < -0.4 is 0 Å². The Morgan fingerprint density at radius 3 is 2.58 bits per heavy atom. The molecule has 0 amide bonds. The van der Waals surface area contributed by atoms with Crippen molar-refractivity contribution in [2.75, 3.05) is 6.61 Å². The van der Waals surface area contributed by atoms with E-state index >= 15 is 0 Å². The van der Waals surface area contributed by atoms with Gasteiger partial charge in [0.2, 0.25) is 0 Å². The molecule has 3 aliphatic rings. The van der Waals surface area contributed by atoms with Crippen LogP contribution in [0.1, 0.15) is 33.1 Å². The fourth-order valence-electron chi connectivity index (χ4n) is 2.87. The van der Waals surface area contributed by atoms with Gasteiger partial charge in [-0.05, 0) is 44.9 Å². The van der Waals surface area contributed by atoms with Gasteiger partial charge in [0.05, 0.1) is 6.10 Å². The molecule has 2 heteroatoms. The van der Waals surface area contributed by atoms with E-state index in [1.807, 2.05) is 6.92 Å². The molecule has 3 fully saturated rings. The van der Waals surface area contributed by atoms with E-state index in [2.05, 4.69) is 6.92 Å². The number of hydrogen-bond donors (Lipinski definition) is 0. The first-order valence-corrected chi connectivity index (χ1v) is 4.95. The van der Waals surface area contributed by atoms with Crippen molar-refractivity contribution in [3.05, 3.63) is 0 Å². The lowest BCUT2D eigenvalue weighted by Crippen LogP contribution is -2.31. The molecule has 0 spiro atoms. The van der Waals surface area contributed by atoms with Crippen LogP contribution >= 0.6 is 0 Å². The summed E-state index contributed by atoms with van der Waals surface area (Å²) in [6.07, 6.45) is 2.61. The smallest absolute Gasteiger partial charge is 0.112 e. The molecule has 70 valence electrons. The molecule has 2 bridgehead atoms. The minimum atomic E-state index is -0.791. The lowest BCUT2D eigenvalue weighted by molar-refractivity contribution is 0.0188. The Balaban J connectivity index is 1.91. The normalized spacial score (nSPS) is 47.2. The first-order valence-electron chi connectivity index (χ1n) is 4.95. The Kier molecular flexibility index (Phi) is 1.90. The maximum Gasteiger partial charge on any atom is 0.112 e. The minimum Gasteiger partial charge on any atom is -0.378 e. The number of fused-ring (bicyclic) bond motifs is 1. The Morgan fingerprint density at radius 2 is 2.17 bits per heavy atom. The molecule has 3 rings (SSSR count). The highest BCUT2D eigenvalue weighted by Gasteiger charge is 2.58. The molecule has 0 N–H and O–H groups in total. The predicted molar refractivity (Wildman–Crippen MR) is 45.8 cm³/mol. The lowest BCUT2D eigenvalue weighted by atomic mass is 9.79. The number of halogens is 1. The molecule has 1 nitrogen and oxygen atoms in total. The summed E-state index contributed by atoms with van der Waals surface area (Å²) >= 11 is 0. The molecule has 2 unspecified atom stereocenters. The molecule has 0 heterocycles. The van der Waals surface area contributed by atoms with Crippen LogP contribution in [-0.4, -0.2) is 18.4 Å². The van der Waals surface area contributed by atoms with Crippen LogP contribution in [0, 0.1) is 11.8 Å². The van der Waals surface area contributed by atoms with E-state index in [1.165, 1.54) is 0 Å². The van der Waals surface area contributed by atoms with Gasteiger partial charge in [-0.2, -0.15) is 0 Å². The van der Waals surface area contributed by atoms with Crippen molar-refractivity contribution in [2.45, 2.75) is 44.9 Å². The first-order chi connectivity index (χ1) is 5.64. The van der Waals surface area contributed by atoms with Crippen LogP contribution in [0.5, 0.6) is 0 Å². The zero-order valence-electron chi connectivity index (χ0n) is 7.85. The summed E-state index contributed by atoms with van der Waals surface area (Å²) < 4.78 is 19.0. The third-order valence-electron chi connectivity index (χ3n) is 3.50. The van der Waals surface area contributed by atoms with Gasteiger partial charge in [-0.25, -0.2) is 4.39 Å². The van der Waals surface area contributed by atoms with E-state index in [0.717, 1.165) is 25.9 Å². The molecule has 0 aliphatic heterocycles. The average Bonchev–Trinajstić information content (AvgIpc) is 2.41. The molecule has 2 atom stereocenters. The molecule has 3 aliphatic carbocycles. The number of hydrogen-bond acceptors (Lipinski definition) is 1. The highest BCUT2D eigenvalue weighted by molar-refractivity contribution is 5.07. The summed E-state index contributed by atoms with van der Waals surface area (Å²) in [5.74, 6) is 1.12. The van der Waals surface area contributed by atoms with Gasteiger partial charge in [0.15, 0.2) is 0 Å². The van der Waals surface area contributed by atoms with Crippen molar-refractivity contribution in [2.24, 2.45) is 11.8 Å². The second-order valence-corrected chi connectivity index (χ2v) is 4.35. The van der Waals surface area contributed by atoms with Gasteiger partial charge in [-0.15, -0.1) is 0 Å². The van der Waals surface area contributed by atoms with Crippen molar-refractivity contribution in [3.63, 3.8) is 0 Å². The van der Waals surface area contributed by atoms with Crippen molar-refractivity contribution < 1.29 is 9.13 Å². The molecule has 0 aromatic carbocycles. The van der Waals surface area contributed by atoms with Gasteiger partial charge >= 0.3 is 0 Å². The zero-order chi connectivity index (χ0) is 8.77. The van der Waals surface area contributed by atoms with Crippen LogP contribution in [0.25, 0.3) is 0 Å². The third kappa shape index (κ3) is 1.17. The van der Waals surface area contributed by atoms with Gasteiger partial charge in [0, 0.05) is 6.61 Å². The van der Waals surface area contributed by atoms with E-state index in [4.69, 9.17) is 4.74 Å². The maximum absolute atomic E-state index is 13.5. The van der Waals surface area contributed by atoms with Gasteiger partial charge in [-0.1, -0.05) is 0 Å². The van der Waals surface area contributed by atoms with E-state index < -0.39 is 5.67 Å². The summed E-state index contributed by atoms with van der Waals surface area (Å²) in [5.41, 5.74) is -0.791. The number of ether oxygens (including phenoxy) is 1. The predicted octanol–water partition coefficient (Wildman–Crippen LogP) is 2.55. The standard InChI is InChI=1S/C10H17FO/c1-3-12-7(2)9-6-10(11)4-8(9)5-10/h7-9H,3-6H2,1-2H3. The molecular formula is C10H17FO. The SMILES string of the molecule is CCOC(C)C1CC2(F)CC1C2. The fourth-order valence-corrected chi connectivity index (χ4v) is 2.87. The lowest BCUT2D eigenvalue weighted by Gasteiger charge is -2.31. The highest BCUT2D eigenvalue weighted by atomic mass is 19.1.